The summed E-state index contributed by atoms with van der Waals surface area (Å²) in [6.07, 6.45) is 2.22. The average Bonchev–Trinajstić information content (AvgIpc) is 3.49. The first-order valence-electron chi connectivity index (χ1n) is 9.49. The molecule has 2 fully saturated rings. The molecular formula is C20H29N3O3. The van der Waals surface area contributed by atoms with Crippen LogP contribution in [0.2, 0.25) is 0 Å². The molecule has 1 aliphatic heterocycles. The van der Waals surface area contributed by atoms with Crippen LogP contribution in [-0.4, -0.2) is 56.0 Å². The van der Waals surface area contributed by atoms with Gasteiger partial charge in [0, 0.05) is 37.9 Å². The molecule has 1 N–H and O–H groups in total. The number of ether oxygens (including phenoxy) is 1. The van der Waals surface area contributed by atoms with Gasteiger partial charge >= 0.3 is 0 Å². The van der Waals surface area contributed by atoms with E-state index >= 15 is 0 Å². The van der Waals surface area contributed by atoms with Crippen molar-refractivity contribution in [2.45, 2.75) is 39.2 Å². The smallest absolute Gasteiger partial charge is 0.238 e. The minimum absolute atomic E-state index is 0.00711. The third-order valence-electron chi connectivity index (χ3n) is 5.59. The van der Waals surface area contributed by atoms with Gasteiger partial charge in [0.1, 0.15) is 11.2 Å². The molecule has 26 heavy (non-hydrogen) atoms. The average molecular weight is 359 g/mol. The lowest BCUT2D eigenvalue weighted by Crippen LogP contribution is -2.53. The number of nitrogens with zero attached hydrogens (tertiary/aromatic N) is 2. The summed E-state index contributed by atoms with van der Waals surface area (Å²) in [7, 11) is 1.66. The number of carbonyl (C=O) groups excluding carboxylic acids is 2. The molecule has 0 spiro atoms. The molecule has 3 rings (SSSR count). The van der Waals surface area contributed by atoms with Gasteiger partial charge in [-0.3, -0.25) is 9.59 Å². The summed E-state index contributed by atoms with van der Waals surface area (Å²) < 4.78 is 5.20. The summed E-state index contributed by atoms with van der Waals surface area (Å²) in [5.74, 6) is 0.757. The normalized spacial score (nSPS) is 19.7. The number of piperazine rings is 1. The predicted octanol–water partition coefficient (Wildman–Crippen LogP) is 2.04. The Morgan fingerprint density at radius 2 is 1.77 bits per heavy atom. The highest BCUT2D eigenvalue weighted by molar-refractivity contribution is 6.08. The molecule has 1 aliphatic carbocycles. The first kappa shape index (κ1) is 18.5. The van der Waals surface area contributed by atoms with Crippen LogP contribution in [0.3, 0.4) is 0 Å². The highest BCUT2D eigenvalue weighted by atomic mass is 16.5. The van der Waals surface area contributed by atoms with E-state index in [1.165, 1.54) is 0 Å². The highest BCUT2D eigenvalue weighted by Crippen LogP contribution is 2.47. The Kier molecular flexibility index (Phi) is 5.39. The van der Waals surface area contributed by atoms with Crippen molar-refractivity contribution >= 4 is 17.5 Å². The zero-order chi connectivity index (χ0) is 18.7. The fourth-order valence-corrected chi connectivity index (χ4v) is 3.39. The summed E-state index contributed by atoms with van der Waals surface area (Å²) in [5, 5.41) is 2.99. The van der Waals surface area contributed by atoms with Crippen LogP contribution in [0.4, 0.5) is 5.69 Å². The number of carbonyl (C=O) groups is 2. The van der Waals surface area contributed by atoms with Crippen LogP contribution < -0.4 is 15.0 Å². The van der Waals surface area contributed by atoms with Crippen LogP contribution >= 0.6 is 0 Å². The van der Waals surface area contributed by atoms with Crippen molar-refractivity contribution in [1.29, 1.82) is 0 Å². The summed E-state index contributed by atoms with van der Waals surface area (Å²) >= 11 is 0. The molecule has 6 nitrogen and oxygen atoms in total. The molecule has 0 aromatic heterocycles. The lowest BCUT2D eigenvalue weighted by molar-refractivity contribution is -0.144. The Balaban J connectivity index is 1.57. The van der Waals surface area contributed by atoms with Gasteiger partial charge in [-0.2, -0.15) is 0 Å². The van der Waals surface area contributed by atoms with E-state index in [4.69, 9.17) is 4.74 Å². The Bertz CT molecular complexity index is 647. The van der Waals surface area contributed by atoms with E-state index in [9.17, 15) is 9.59 Å². The Morgan fingerprint density at radius 1 is 1.15 bits per heavy atom. The van der Waals surface area contributed by atoms with Crippen LogP contribution in [-0.2, 0) is 9.59 Å². The van der Waals surface area contributed by atoms with Gasteiger partial charge in [0.05, 0.1) is 7.11 Å². The standard InChI is InChI=1S/C20H29N3O3/c1-4-15(2)21-18(24)20(9-10-20)19(25)23-13-11-22(12-14-23)16-5-7-17(26-3)8-6-16/h5-8,15H,4,9-14H2,1-3H3,(H,21,24). The molecule has 1 unspecified atom stereocenters. The van der Waals surface area contributed by atoms with Crippen LogP contribution in [0.25, 0.3) is 0 Å². The second-order valence-electron chi connectivity index (χ2n) is 7.34. The van der Waals surface area contributed by atoms with E-state index in [2.05, 4.69) is 10.2 Å². The van der Waals surface area contributed by atoms with E-state index in [-0.39, 0.29) is 17.9 Å². The maximum absolute atomic E-state index is 13.0. The molecule has 2 aliphatic rings. The quantitative estimate of drug-likeness (QED) is 0.790. The summed E-state index contributed by atoms with van der Waals surface area (Å²) in [6, 6.07) is 8.09. The second-order valence-corrected chi connectivity index (χ2v) is 7.34. The van der Waals surface area contributed by atoms with Crippen molar-refractivity contribution in [3.05, 3.63) is 24.3 Å². The van der Waals surface area contributed by atoms with Crippen molar-refractivity contribution in [2.75, 3.05) is 38.2 Å². The summed E-state index contributed by atoms with van der Waals surface area (Å²) in [5.41, 5.74) is 0.333. The van der Waals surface area contributed by atoms with Gasteiger partial charge in [-0.15, -0.1) is 0 Å². The van der Waals surface area contributed by atoms with Crippen molar-refractivity contribution in [3.8, 4) is 5.75 Å². The number of methoxy groups -OCH3 is 1. The van der Waals surface area contributed by atoms with Gasteiger partial charge < -0.3 is 19.9 Å². The first-order valence-corrected chi connectivity index (χ1v) is 9.49. The van der Waals surface area contributed by atoms with Gasteiger partial charge in [0.2, 0.25) is 11.8 Å². The number of amides is 2. The predicted molar refractivity (Wildman–Crippen MR) is 101 cm³/mol. The molecule has 1 aromatic rings. The molecule has 1 heterocycles. The van der Waals surface area contributed by atoms with E-state index in [1.807, 2.05) is 43.0 Å². The van der Waals surface area contributed by atoms with Crippen molar-refractivity contribution in [1.82, 2.24) is 10.2 Å². The van der Waals surface area contributed by atoms with Gasteiger partial charge in [0.15, 0.2) is 0 Å². The third-order valence-corrected chi connectivity index (χ3v) is 5.59. The molecule has 1 saturated carbocycles. The van der Waals surface area contributed by atoms with Gasteiger partial charge in [-0.25, -0.2) is 0 Å². The number of hydrogen-bond donors (Lipinski definition) is 1. The SMILES string of the molecule is CCC(C)NC(=O)C1(C(=O)N2CCN(c3ccc(OC)cc3)CC2)CC1. The Labute approximate surface area is 155 Å². The Hall–Kier alpha value is -2.24. The summed E-state index contributed by atoms with van der Waals surface area (Å²) in [6.45, 7) is 6.88. The minimum Gasteiger partial charge on any atom is -0.497 e. The van der Waals surface area contributed by atoms with Gasteiger partial charge in [0.25, 0.3) is 0 Å². The minimum atomic E-state index is -0.800. The maximum Gasteiger partial charge on any atom is 0.238 e. The molecule has 2 amide bonds. The van der Waals surface area contributed by atoms with E-state index in [1.54, 1.807) is 7.11 Å². The molecule has 0 radical (unpaired) electrons. The largest absolute Gasteiger partial charge is 0.497 e. The molecule has 1 atom stereocenters. The fourth-order valence-electron chi connectivity index (χ4n) is 3.39. The van der Waals surface area contributed by atoms with E-state index in [0.29, 0.717) is 25.9 Å². The van der Waals surface area contributed by atoms with E-state index < -0.39 is 5.41 Å². The molecule has 0 bridgehead atoms. The number of benzene rings is 1. The van der Waals surface area contributed by atoms with Gasteiger partial charge in [-0.1, -0.05) is 6.92 Å². The third kappa shape index (κ3) is 3.64. The topological polar surface area (TPSA) is 61.9 Å². The van der Waals surface area contributed by atoms with Crippen molar-refractivity contribution in [2.24, 2.45) is 5.41 Å². The van der Waals surface area contributed by atoms with Gasteiger partial charge in [-0.05, 0) is 50.5 Å². The lowest BCUT2D eigenvalue weighted by Gasteiger charge is -2.37. The first-order chi connectivity index (χ1) is 12.5. The van der Waals surface area contributed by atoms with Crippen LogP contribution in [0.1, 0.15) is 33.1 Å². The lowest BCUT2D eigenvalue weighted by atomic mass is 10.0. The monoisotopic (exact) mass is 359 g/mol. The van der Waals surface area contributed by atoms with Crippen LogP contribution in [0.5, 0.6) is 5.75 Å². The maximum atomic E-state index is 13.0. The number of hydrogen-bond acceptors (Lipinski definition) is 4. The van der Waals surface area contributed by atoms with Crippen LogP contribution in [0, 0.1) is 5.41 Å². The zero-order valence-corrected chi connectivity index (χ0v) is 16.0. The van der Waals surface area contributed by atoms with Crippen molar-refractivity contribution < 1.29 is 14.3 Å². The Morgan fingerprint density at radius 3 is 2.27 bits per heavy atom. The molecule has 6 heteroatoms. The molecule has 1 saturated heterocycles. The van der Waals surface area contributed by atoms with Crippen molar-refractivity contribution in [3.63, 3.8) is 0 Å². The summed E-state index contributed by atoms with van der Waals surface area (Å²) in [4.78, 5) is 29.6. The number of anilines is 1. The zero-order valence-electron chi connectivity index (χ0n) is 16.0. The highest BCUT2D eigenvalue weighted by Gasteiger charge is 2.58. The molecule has 142 valence electrons. The number of nitrogens with one attached hydrogen (secondary N) is 1. The van der Waals surface area contributed by atoms with E-state index in [0.717, 1.165) is 30.9 Å². The fraction of sp³-hybridized carbons (Fsp3) is 0.600. The number of rotatable bonds is 6. The second kappa shape index (κ2) is 7.56. The molecular weight excluding hydrogens is 330 g/mol. The van der Waals surface area contributed by atoms with Crippen LogP contribution in [0.15, 0.2) is 24.3 Å². The molecule has 1 aromatic carbocycles.